The third kappa shape index (κ3) is 21.0. The van der Waals surface area contributed by atoms with Gasteiger partial charge in [0.25, 0.3) is 0 Å². The number of rotatable bonds is 11. The first kappa shape index (κ1) is 63.4. The highest BCUT2D eigenvalue weighted by atomic mass is 14.9. The van der Waals surface area contributed by atoms with Gasteiger partial charge in [0.2, 0.25) is 28.5 Å². The fraction of sp³-hybridized carbons (Fsp3) is 0.353. The van der Waals surface area contributed by atoms with Gasteiger partial charge in [-0.15, -0.1) is 0 Å². The van der Waals surface area contributed by atoms with Gasteiger partial charge < -0.3 is 0 Å². The van der Waals surface area contributed by atoms with Gasteiger partial charge in [-0.1, -0.05) is 174 Å². The van der Waals surface area contributed by atoms with Crippen molar-refractivity contribution in [2.75, 3.05) is 0 Å². The molecule has 0 unspecified atom stereocenters. The van der Waals surface area contributed by atoms with Crippen LogP contribution in [0.2, 0.25) is 0 Å². The number of hydrogen-bond donors (Lipinski definition) is 0. The van der Waals surface area contributed by atoms with Gasteiger partial charge in [-0.05, 0) is 171 Å². The largest absolute Gasteiger partial charge is 0.212 e. The van der Waals surface area contributed by atoms with Gasteiger partial charge >= 0.3 is 0 Å². The first-order chi connectivity index (χ1) is 44.3. The lowest BCUT2D eigenvalue weighted by Crippen LogP contribution is -2.32. The zero-order chi connectivity index (χ0) is 70.5. The Kier molecular flexibility index (Phi) is 22.9. The quantitative estimate of drug-likeness (QED) is 0.115. The fourth-order valence-corrected chi connectivity index (χ4v) is 11.1. The van der Waals surface area contributed by atoms with Crippen molar-refractivity contribution in [2.24, 2.45) is 52.0 Å². The lowest BCUT2D eigenvalue weighted by molar-refractivity contribution is -0.661. The topological polar surface area (TPSA) is 19.4 Å². The number of pyridine rings is 5. The minimum absolute atomic E-state index is 0.0492. The van der Waals surface area contributed by atoms with Crippen LogP contribution in [0, 0.1) is 51.4 Å². The first-order valence-corrected chi connectivity index (χ1v) is 32.1. The molecule has 0 spiro atoms. The van der Waals surface area contributed by atoms with Crippen LogP contribution in [0.25, 0.3) is 56.3 Å². The summed E-state index contributed by atoms with van der Waals surface area (Å²) in [6, 6.07) is 62.9. The monoisotopic (exact) mass is 1210 g/mol. The lowest BCUT2D eigenvalue weighted by atomic mass is 9.88. The van der Waals surface area contributed by atoms with Gasteiger partial charge in [0.05, 0.1) is 0 Å². The normalized spacial score (nSPS) is 12.5. The van der Waals surface area contributed by atoms with Gasteiger partial charge in [-0.2, -0.15) is 0 Å². The molecule has 0 amide bonds. The molecule has 0 saturated heterocycles. The maximum Gasteiger partial charge on any atom is 0.212 e. The van der Waals surface area contributed by atoms with Crippen molar-refractivity contribution in [1.29, 1.82) is 0 Å². The second kappa shape index (κ2) is 32.5. The maximum atomic E-state index is 8.39. The molecule has 5 aromatic carbocycles. The molecule has 5 aromatic heterocycles. The van der Waals surface area contributed by atoms with E-state index in [0.717, 1.165) is 34.5 Å². The van der Waals surface area contributed by atoms with E-state index in [2.05, 4.69) is 249 Å². The molecule has 0 saturated carbocycles. The molecule has 470 valence electrons. The molecule has 0 radical (unpaired) electrons. The highest BCUT2D eigenvalue weighted by Crippen LogP contribution is 2.28. The summed E-state index contributed by atoms with van der Waals surface area (Å²) in [4.78, 5) is 0. The van der Waals surface area contributed by atoms with E-state index in [1.165, 1.54) is 83.8 Å². The zero-order valence-electron chi connectivity index (χ0n) is 63.8. The number of hydrogen-bond acceptors (Lipinski definition) is 0. The molecular weight excluding hydrogens is 1090 g/mol. The van der Waals surface area contributed by atoms with Crippen molar-refractivity contribution in [3.63, 3.8) is 0 Å². The third-order valence-corrected chi connectivity index (χ3v) is 15.8. The molecular formula is C85H110N5+5. The molecule has 0 bridgehead atoms. The van der Waals surface area contributed by atoms with Crippen LogP contribution in [-0.4, -0.2) is 0 Å². The maximum absolute atomic E-state index is 8.39. The zero-order valence-corrected chi connectivity index (χ0v) is 58.8. The van der Waals surface area contributed by atoms with Gasteiger partial charge in [0, 0.05) is 92.8 Å². The highest BCUT2D eigenvalue weighted by molar-refractivity contribution is 5.64. The second-order valence-corrected chi connectivity index (χ2v) is 27.4. The van der Waals surface area contributed by atoms with E-state index in [1.807, 2.05) is 140 Å². The van der Waals surface area contributed by atoms with Crippen molar-refractivity contribution in [2.45, 2.75) is 149 Å². The predicted octanol–water partition coefficient (Wildman–Crippen LogP) is 19.1. The number of aryl methyl sites for hydroxylation is 10. The number of aromatic nitrogens is 5. The summed E-state index contributed by atoms with van der Waals surface area (Å²) in [5.41, 5.74) is 23.7. The van der Waals surface area contributed by atoms with Gasteiger partial charge in [0.1, 0.15) is 35.2 Å². The minimum atomic E-state index is -1.37. The molecule has 10 aromatic rings. The molecule has 0 fully saturated rings. The van der Waals surface area contributed by atoms with E-state index >= 15 is 0 Å². The van der Waals surface area contributed by atoms with Crippen LogP contribution in [0.15, 0.2) is 213 Å². The molecule has 5 nitrogen and oxygen atoms in total. The molecule has 0 atom stereocenters. The fourth-order valence-electron chi connectivity index (χ4n) is 11.1. The average molecular weight is 1210 g/mol. The van der Waals surface area contributed by atoms with E-state index in [4.69, 9.17) is 6.85 Å². The van der Waals surface area contributed by atoms with Crippen LogP contribution in [0.5, 0.6) is 0 Å². The van der Waals surface area contributed by atoms with E-state index in [0.29, 0.717) is 11.3 Å². The molecule has 10 rings (SSSR count). The molecule has 0 aliphatic heterocycles. The van der Waals surface area contributed by atoms with Crippen LogP contribution in [0.1, 0.15) is 157 Å². The van der Waals surface area contributed by atoms with Crippen LogP contribution >= 0.6 is 0 Å². The van der Waals surface area contributed by atoms with E-state index in [-0.39, 0.29) is 5.92 Å². The average Bonchev–Trinajstić information content (AvgIpc) is 0.798. The van der Waals surface area contributed by atoms with Crippen molar-refractivity contribution < 1.29 is 29.7 Å². The lowest BCUT2D eigenvalue weighted by Gasteiger charge is -2.17. The Hall–Kier alpha value is -8.15. The summed E-state index contributed by atoms with van der Waals surface area (Å²) in [7, 11) is 10.2. The van der Waals surface area contributed by atoms with Gasteiger partial charge in [0.15, 0.2) is 31.0 Å². The summed E-state index contributed by atoms with van der Waals surface area (Å²) in [5.74, 6) is -0.0268. The predicted molar refractivity (Wildman–Crippen MR) is 382 cm³/mol. The second-order valence-electron chi connectivity index (χ2n) is 27.4. The van der Waals surface area contributed by atoms with Crippen molar-refractivity contribution in [3.05, 3.63) is 269 Å². The van der Waals surface area contributed by atoms with E-state index in [1.54, 1.807) is 0 Å². The van der Waals surface area contributed by atoms with Crippen molar-refractivity contribution >= 4 is 0 Å². The van der Waals surface area contributed by atoms with Crippen LogP contribution in [0.3, 0.4) is 0 Å². The standard InChI is InChI=1S/2C18H24N.C17H22N.2C16H20N/c2*1-14-8-6-7-9-16(14)17-11-10-15(13-19(17)5)12-18(2,3)4;1-13(2)11-15-9-10-17(18(4)12-15)16-8-6-5-7-14(16)3;2*1-12(2)14-9-10-16(17(4)11-14)15-8-6-5-7-13(15)3/h2*6-11,13H,12H2,1-5H3;5-10,12-13H,11H2,1-4H3;2*5-12H,1-4H3/q5*+1/i12D2;;11D2;12D;. The van der Waals surface area contributed by atoms with Gasteiger partial charge in [-0.25, -0.2) is 22.8 Å². The molecule has 5 heterocycles. The molecule has 0 aliphatic rings. The molecule has 0 aliphatic carbocycles. The Morgan fingerprint density at radius 2 is 0.611 bits per heavy atom. The Balaban J connectivity index is 0.000000188. The Morgan fingerprint density at radius 1 is 0.333 bits per heavy atom. The Labute approximate surface area is 552 Å². The van der Waals surface area contributed by atoms with Crippen molar-refractivity contribution in [3.8, 4) is 56.3 Å². The summed E-state index contributed by atoms with van der Waals surface area (Å²) in [6.07, 6.45) is 8.79. The van der Waals surface area contributed by atoms with Crippen LogP contribution in [-0.2, 0) is 54.4 Å². The highest BCUT2D eigenvalue weighted by Gasteiger charge is 2.20. The SMILES string of the molecule is Cc1ccccc1-c1ccc(C(C)C)c[n+]1C.Cc1ccccc1-c1ccc(CC(C)(C)C)c[n+]1C.[2H]C(C)(C)c1ccc(-c2ccccc2C)[n+](C)c1.[2H]C([2H])(c1ccc(-c2ccccc2C)[n+](C)c1)C(C)(C)C.[2H]C([2H])(c1ccc(-c2ccccc2C)[n+](C)c1)C(C)C. The summed E-state index contributed by atoms with van der Waals surface area (Å²) in [5, 5.41) is 0. The molecule has 5 heteroatoms. The van der Waals surface area contributed by atoms with Crippen LogP contribution in [0.4, 0.5) is 0 Å². The molecule has 0 N–H and O–H groups in total. The number of benzene rings is 5. The summed E-state index contributed by atoms with van der Waals surface area (Å²) >= 11 is 0. The summed E-state index contributed by atoms with van der Waals surface area (Å²) < 4.78 is 51.8. The Morgan fingerprint density at radius 3 is 0.900 bits per heavy atom. The van der Waals surface area contributed by atoms with Gasteiger partial charge in [-0.3, -0.25) is 0 Å². The molecule has 90 heavy (non-hydrogen) atoms. The summed E-state index contributed by atoms with van der Waals surface area (Å²) in [6.45, 7) is 35.4. The number of nitrogens with zero attached hydrogens (tertiary/aromatic N) is 5. The van der Waals surface area contributed by atoms with Crippen LogP contribution < -0.4 is 22.8 Å². The van der Waals surface area contributed by atoms with E-state index in [9.17, 15) is 0 Å². The first-order valence-electron chi connectivity index (χ1n) is 34.6. The minimum Gasteiger partial charge on any atom is -0.201 e. The van der Waals surface area contributed by atoms with Crippen molar-refractivity contribution in [1.82, 2.24) is 0 Å². The van der Waals surface area contributed by atoms with E-state index < -0.39 is 24.1 Å². The third-order valence-electron chi connectivity index (χ3n) is 15.8. The Bertz CT molecular complexity index is 4200. The smallest absolute Gasteiger partial charge is 0.201 e.